The lowest BCUT2D eigenvalue weighted by atomic mass is 10.1. The van der Waals surface area contributed by atoms with Gasteiger partial charge in [0.05, 0.1) is 0 Å². The second kappa shape index (κ2) is 5.96. The van der Waals surface area contributed by atoms with Crippen molar-refractivity contribution in [1.82, 2.24) is 5.32 Å². The van der Waals surface area contributed by atoms with Crippen molar-refractivity contribution >= 4 is 0 Å². The van der Waals surface area contributed by atoms with Crippen LogP contribution < -0.4 is 10.1 Å². The van der Waals surface area contributed by atoms with Crippen LogP contribution in [0.15, 0.2) is 24.3 Å². The third-order valence-corrected chi connectivity index (χ3v) is 2.12. The second-order valence-electron chi connectivity index (χ2n) is 4.95. The SMILES string of the molecule is CC(C)(C)NCc1ccc(OCC(F)F)cc1. The molecule has 1 N–H and O–H groups in total. The highest BCUT2D eigenvalue weighted by atomic mass is 19.3. The van der Waals surface area contributed by atoms with E-state index in [9.17, 15) is 8.78 Å². The van der Waals surface area contributed by atoms with E-state index in [1.54, 1.807) is 12.1 Å². The molecule has 0 fully saturated rings. The van der Waals surface area contributed by atoms with Crippen LogP contribution in [0.3, 0.4) is 0 Å². The van der Waals surface area contributed by atoms with E-state index in [1.807, 2.05) is 12.1 Å². The van der Waals surface area contributed by atoms with Crippen LogP contribution in [0, 0.1) is 0 Å². The highest BCUT2D eigenvalue weighted by Crippen LogP contribution is 2.13. The minimum absolute atomic E-state index is 0.0604. The number of hydrogen-bond acceptors (Lipinski definition) is 2. The zero-order valence-electron chi connectivity index (χ0n) is 10.5. The lowest BCUT2D eigenvalue weighted by molar-refractivity contribution is 0.0819. The summed E-state index contributed by atoms with van der Waals surface area (Å²) in [5, 5.41) is 3.35. The van der Waals surface area contributed by atoms with E-state index in [0.717, 1.165) is 12.1 Å². The molecule has 0 bridgehead atoms. The maximum atomic E-state index is 11.9. The molecule has 0 saturated carbocycles. The van der Waals surface area contributed by atoms with Gasteiger partial charge in [0.1, 0.15) is 12.4 Å². The number of halogens is 2. The van der Waals surface area contributed by atoms with Crippen LogP contribution in [0.5, 0.6) is 5.75 Å². The highest BCUT2D eigenvalue weighted by Gasteiger charge is 2.08. The summed E-state index contributed by atoms with van der Waals surface area (Å²) in [6.45, 7) is 6.46. The molecule has 0 spiro atoms. The van der Waals surface area contributed by atoms with E-state index < -0.39 is 13.0 Å². The van der Waals surface area contributed by atoms with Crippen molar-refractivity contribution < 1.29 is 13.5 Å². The molecule has 4 heteroatoms. The molecule has 0 saturated heterocycles. The summed E-state index contributed by atoms with van der Waals surface area (Å²) in [6, 6.07) is 7.17. The van der Waals surface area contributed by atoms with E-state index in [0.29, 0.717) is 5.75 Å². The molecule has 17 heavy (non-hydrogen) atoms. The monoisotopic (exact) mass is 243 g/mol. The fourth-order valence-electron chi connectivity index (χ4n) is 1.23. The number of alkyl halides is 2. The summed E-state index contributed by atoms with van der Waals surface area (Å²) in [6.07, 6.45) is -2.43. The van der Waals surface area contributed by atoms with Crippen LogP contribution >= 0.6 is 0 Å². The first-order valence-electron chi connectivity index (χ1n) is 5.62. The zero-order valence-corrected chi connectivity index (χ0v) is 10.5. The normalized spacial score (nSPS) is 11.9. The second-order valence-corrected chi connectivity index (χ2v) is 4.95. The van der Waals surface area contributed by atoms with Gasteiger partial charge in [-0.15, -0.1) is 0 Å². The third-order valence-electron chi connectivity index (χ3n) is 2.12. The predicted molar refractivity (Wildman–Crippen MR) is 64.5 cm³/mol. The van der Waals surface area contributed by atoms with E-state index in [2.05, 4.69) is 26.1 Å². The van der Waals surface area contributed by atoms with Gasteiger partial charge in [-0.3, -0.25) is 0 Å². The Morgan fingerprint density at radius 2 is 1.76 bits per heavy atom. The molecule has 1 aromatic rings. The lowest BCUT2D eigenvalue weighted by Gasteiger charge is -2.20. The van der Waals surface area contributed by atoms with Gasteiger partial charge in [0.2, 0.25) is 0 Å². The zero-order chi connectivity index (χ0) is 12.9. The molecule has 0 radical (unpaired) electrons. The van der Waals surface area contributed by atoms with E-state index in [-0.39, 0.29) is 5.54 Å². The molecule has 0 unspecified atom stereocenters. The Bertz CT molecular complexity index is 330. The number of nitrogens with one attached hydrogen (secondary N) is 1. The molecule has 0 aliphatic carbocycles. The molecular formula is C13H19F2NO. The van der Waals surface area contributed by atoms with Gasteiger partial charge in [0.25, 0.3) is 6.43 Å². The Labute approximate surface area is 101 Å². The lowest BCUT2D eigenvalue weighted by Crippen LogP contribution is -2.35. The standard InChI is InChI=1S/C13H19F2NO/c1-13(2,3)16-8-10-4-6-11(7-5-10)17-9-12(14)15/h4-7,12,16H,8-9H2,1-3H3. The molecule has 2 nitrogen and oxygen atoms in total. The van der Waals surface area contributed by atoms with Gasteiger partial charge in [-0.2, -0.15) is 0 Å². The summed E-state index contributed by atoms with van der Waals surface area (Å²) in [4.78, 5) is 0. The molecule has 96 valence electrons. The van der Waals surface area contributed by atoms with Crippen LogP contribution in [0.2, 0.25) is 0 Å². The van der Waals surface area contributed by atoms with Crippen LogP contribution in [0.1, 0.15) is 26.3 Å². The summed E-state index contributed by atoms with van der Waals surface area (Å²) >= 11 is 0. The molecule has 1 rings (SSSR count). The van der Waals surface area contributed by atoms with Gasteiger partial charge in [0, 0.05) is 12.1 Å². The van der Waals surface area contributed by atoms with Gasteiger partial charge in [-0.05, 0) is 38.5 Å². The predicted octanol–water partition coefficient (Wildman–Crippen LogP) is 3.22. The van der Waals surface area contributed by atoms with E-state index >= 15 is 0 Å². The first kappa shape index (κ1) is 13.9. The first-order valence-corrected chi connectivity index (χ1v) is 5.62. The minimum Gasteiger partial charge on any atom is -0.488 e. The van der Waals surface area contributed by atoms with Crippen molar-refractivity contribution in [2.24, 2.45) is 0 Å². The average molecular weight is 243 g/mol. The number of benzene rings is 1. The van der Waals surface area contributed by atoms with Crippen molar-refractivity contribution in [3.63, 3.8) is 0 Å². The van der Waals surface area contributed by atoms with Crippen molar-refractivity contribution in [2.45, 2.75) is 39.3 Å². The summed E-state index contributed by atoms with van der Waals surface area (Å²) < 4.78 is 28.7. The van der Waals surface area contributed by atoms with Gasteiger partial charge in [0.15, 0.2) is 0 Å². The third kappa shape index (κ3) is 6.22. The highest BCUT2D eigenvalue weighted by molar-refractivity contribution is 5.27. The van der Waals surface area contributed by atoms with Crippen molar-refractivity contribution in [1.29, 1.82) is 0 Å². The van der Waals surface area contributed by atoms with Gasteiger partial charge < -0.3 is 10.1 Å². The maximum Gasteiger partial charge on any atom is 0.272 e. The molecule has 0 aromatic heterocycles. The first-order chi connectivity index (χ1) is 7.87. The summed E-state index contributed by atoms with van der Waals surface area (Å²) in [5.74, 6) is 0.477. The molecule has 0 amide bonds. The number of ether oxygens (including phenoxy) is 1. The van der Waals surface area contributed by atoms with Crippen molar-refractivity contribution in [2.75, 3.05) is 6.61 Å². The average Bonchev–Trinajstić information content (AvgIpc) is 2.24. The minimum atomic E-state index is -2.43. The molecule has 0 heterocycles. The van der Waals surface area contributed by atoms with Gasteiger partial charge in [-0.25, -0.2) is 8.78 Å². The Morgan fingerprint density at radius 3 is 2.24 bits per heavy atom. The molecule has 1 aromatic carbocycles. The fraction of sp³-hybridized carbons (Fsp3) is 0.538. The maximum absolute atomic E-state index is 11.9. The van der Waals surface area contributed by atoms with E-state index in [1.165, 1.54) is 0 Å². The Morgan fingerprint density at radius 1 is 1.18 bits per heavy atom. The molecule has 0 aliphatic rings. The Balaban J connectivity index is 2.45. The quantitative estimate of drug-likeness (QED) is 0.857. The van der Waals surface area contributed by atoms with Crippen molar-refractivity contribution in [3.05, 3.63) is 29.8 Å². The molecular weight excluding hydrogens is 224 g/mol. The van der Waals surface area contributed by atoms with Crippen LogP contribution in [0.4, 0.5) is 8.78 Å². The number of rotatable bonds is 5. The van der Waals surface area contributed by atoms with Crippen LogP contribution in [-0.2, 0) is 6.54 Å². The summed E-state index contributed by atoms with van der Waals surface area (Å²) in [5.41, 5.74) is 1.16. The Hall–Kier alpha value is -1.16. The van der Waals surface area contributed by atoms with Gasteiger partial charge in [-0.1, -0.05) is 12.1 Å². The topological polar surface area (TPSA) is 21.3 Å². The number of hydrogen-bond donors (Lipinski definition) is 1. The largest absolute Gasteiger partial charge is 0.488 e. The fourth-order valence-corrected chi connectivity index (χ4v) is 1.23. The molecule has 0 atom stereocenters. The van der Waals surface area contributed by atoms with Crippen molar-refractivity contribution in [3.8, 4) is 5.75 Å². The molecule has 0 aliphatic heterocycles. The van der Waals surface area contributed by atoms with Crippen LogP contribution in [0.25, 0.3) is 0 Å². The van der Waals surface area contributed by atoms with Gasteiger partial charge >= 0.3 is 0 Å². The Kier molecular flexibility index (Phi) is 4.87. The smallest absolute Gasteiger partial charge is 0.272 e. The summed E-state index contributed by atoms with van der Waals surface area (Å²) in [7, 11) is 0. The van der Waals surface area contributed by atoms with E-state index in [4.69, 9.17) is 4.74 Å². The van der Waals surface area contributed by atoms with Crippen LogP contribution in [-0.4, -0.2) is 18.6 Å².